The van der Waals surface area contributed by atoms with E-state index < -0.39 is 0 Å². The van der Waals surface area contributed by atoms with Gasteiger partial charge in [0.1, 0.15) is 0 Å². The number of aromatic nitrogens is 1. The summed E-state index contributed by atoms with van der Waals surface area (Å²) in [5, 5.41) is 5.06. The summed E-state index contributed by atoms with van der Waals surface area (Å²) in [6, 6.07) is 3.32. The van der Waals surface area contributed by atoms with Gasteiger partial charge in [-0.05, 0) is 25.0 Å². The number of guanidine groups is 1. The fraction of sp³-hybridized carbons (Fsp3) is 0.364. The maximum absolute atomic E-state index is 11.3. The molecule has 17 heavy (non-hydrogen) atoms. The SMILES string of the molecule is CCCNC(=O)N/C(N)=N/c1ncccc1C. The number of hydrogen-bond donors (Lipinski definition) is 3. The lowest BCUT2D eigenvalue weighted by molar-refractivity contribution is 0.245. The van der Waals surface area contributed by atoms with Crippen molar-refractivity contribution in [2.24, 2.45) is 10.7 Å². The molecule has 0 aliphatic heterocycles. The van der Waals surface area contributed by atoms with E-state index in [-0.39, 0.29) is 12.0 Å². The highest BCUT2D eigenvalue weighted by Gasteiger charge is 2.02. The van der Waals surface area contributed by atoms with E-state index >= 15 is 0 Å². The van der Waals surface area contributed by atoms with Crippen molar-refractivity contribution in [3.63, 3.8) is 0 Å². The van der Waals surface area contributed by atoms with Gasteiger partial charge in [0.25, 0.3) is 0 Å². The van der Waals surface area contributed by atoms with Crippen molar-refractivity contribution >= 4 is 17.8 Å². The Bertz CT molecular complexity index is 416. The first-order valence-electron chi connectivity index (χ1n) is 5.44. The van der Waals surface area contributed by atoms with Crippen LogP contribution < -0.4 is 16.4 Å². The Hall–Kier alpha value is -2.11. The number of carbonyl (C=O) groups excluding carboxylic acids is 1. The number of pyridine rings is 1. The van der Waals surface area contributed by atoms with Crippen LogP contribution in [0.3, 0.4) is 0 Å². The summed E-state index contributed by atoms with van der Waals surface area (Å²) in [7, 11) is 0. The predicted octanol–water partition coefficient (Wildman–Crippen LogP) is 1.05. The van der Waals surface area contributed by atoms with Gasteiger partial charge in [-0.15, -0.1) is 0 Å². The van der Waals surface area contributed by atoms with Gasteiger partial charge in [-0.1, -0.05) is 13.0 Å². The van der Waals surface area contributed by atoms with Crippen molar-refractivity contribution in [3.8, 4) is 0 Å². The minimum absolute atomic E-state index is 0.0282. The van der Waals surface area contributed by atoms with Crippen molar-refractivity contribution in [1.82, 2.24) is 15.6 Å². The standard InChI is InChI=1S/C11H17N5O/c1-3-6-14-11(17)16-10(12)15-9-8(2)5-4-7-13-9/h4-5,7H,3,6H2,1-2H3,(H4,12,13,14,15,16,17). The molecule has 0 bridgehead atoms. The van der Waals surface area contributed by atoms with Crippen LogP contribution in [-0.2, 0) is 0 Å². The van der Waals surface area contributed by atoms with Gasteiger partial charge in [-0.25, -0.2) is 9.78 Å². The molecule has 2 amide bonds. The zero-order chi connectivity index (χ0) is 12.7. The third-order valence-corrected chi connectivity index (χ3v) is 1.99. The smallest absolute Gasteiger partial charge is 0.321 e. The van der Waals surface area contributed by atoms with Gasteiger partial charge >= 0.3 is 6.03 Å². The number of aliphatic imine (C=N–C) groups is 1. The molecule has 1 rings (SSSR count). The topological polar surface area (TPSA) is 92.4 Å². The average Bonchev–Trinajstić information content (AvgIpc) is 2.29. The number of carbonyl (C=O) groups is 1. The van der Waals surface area contributed by atoms with Crippen LogP contribution in [0.4, 0.5) is 10.6 Å². The Morgan fingerprint density at radius 3 is 3.00 bits per heavy atom. The molecular formula is C11H17N5O. The minimum atomic E-state index is -0.360. The number of amides is 2. The molecule has 1 aromatic heterocycles. The van der Waals surface area contributed by atoms with Crippen LogP contribution in [0, 0.1) is 6.92 Å². The van der Waals surface area contributed by atoms with Crippen molar-refractivity contribution < 1.29 is 4.79 Å². The molecule has 1 heterocycles. The Morgan fingerprint density at radius 2 is 2.35 bits per heavy atom. The van der Waals surface area contributed by atoms with Crippen LogP contribution in [0.2, 0.25) is 0 Å². The summed E-state index contributed by atoms with van der Waals surface area (Å²) in [6.45, 7) is 4.44. The first-order valence-corrected chi connectivity index (χ1v) is 5.44. The molecule has 0 saturated heterocycles. The second kappa shape index (κ2) is 6.47. The van der Waals surface area contributed by atoms with Gasteiger partial charge in [0.15, 0.2) is 5.82 Å². The number of urea groups is 1. The molecule has 1 aromatic rings. The van der Waals surface area contributed by atoms with E-state index in [9.17, 15) is 4.79 Å². The molecule has 6 nitrogen and oxygen atoms in total. The molecule has 0 fully saturated rings. The number of hydrogen-bond acceptors (Lipinski definition) is 3. The molecule has 0 unspecified atom stereocenters. The second-order valence-corrected chi connectivity index (χ2v) is 3.52. The Labute approximate surface area is 100 Å². The lowest BCUT2D eigenvalue weighted by Gasteiger charge is -2.05. The van der Waals surface area contributed by atoms with Crippen LogP contribution in [-0.4, -0.2) is 23.5 Å². The maximum atomic E-state index is 11.3. The van der Waals surface area contributed by atoms with Crippen molar-refractivity contribution in [3.05, 3.63) is 23.9 Å². The van der Waals surface area contributed by atoms with Gasteiger partial charge in [0.05, 0.1) is 0 Å². The van der Waals surface area contributed by atoms with E-state index in [2.05, 4.69) is 20.6 Å². The molecule has 0 saturated carbocycles. The van der Waals surface area contributed by atoms with Gasteiger partial charge in [-0.3, -0.25) is 5.32 Å². The number of rotatable bonds is 3. The summed E-state index contributed by atoms with van der Waals surface area (Å²) in [6.07, 6.45) is 2.49. The highest BCUT2D eigenvalue weighted by molar-refractivity contribution is 5.96. The molecule has 0 radical (unpaired) electrons. The van der Waals surface area contributed by atoms with Crippen LogP contribution in [0.1, 0.15) is 18.9 Å². The summed E-state index contributed by atoms with van der Waals surface area (Å²) in [4.78, 5) is 19.4. The number of nitrogens with one attached hydrogen (secondary N) is 2. The Kier molecular flexibility index (Phi) is 4.93. The fourth-order valence-corrected chi connectivity index (χ4v) is 1.14. The molecular weight excluding hydrogens is 218 g/mol. The highest BCUT2D eigenvalue weighted by Crippen LogP contribution is 2.12. The minimum Gasteiger partial charge on any atom is -0.369 e. The lowest BCUT2D eigenvalue weighted by atomic mass is 10.3. The van der Waals surface area contributed by atoms with E-state index in [4.69, 9.17) is 5.73 Å². The second-order valence-electron chi connectivity index (χ2n) is 3.52. The van der Waals surface area contributed by atoms with E-state index in [0.717, 1.165) is 12.0 Å². The van der Waals surface area contributed by atoms with Crippen molar-refractivity contribution in [2.75, 3.05) is 6.54 Å². The summed E-state index contributed by atoms with van der Waals surface area (Å²) in [5.74, 6) is 0.529. The van der Waals surface area contributed by atoms with Crippen LogP contribution in [0.5, 0.6) is 0 Å². The largest absolute Gasteiger partial charge is 0.369 e. The highest BCUT2D eigenvalue weighted by atomic mass is 16.2. The Balaban J connectivity index is 2.61. The van der Waals surface area contributed by atoms with Crippen LogP contribution in [0.15, 0.2) is 23.3 Å². The Morgan fingerprint density at radius 1 is 1.59 bits per heavy atom. The summed E-state index contributed by atoms with van der Waals surface area (Å²) >= 11 is 0. The maximum Gasteiger partial charge on any atom is 0.321 e. The van der Waals surface area contributed by atoms with E-state index in [0.29, 0.717) is 12.4 Å². The monoisotopic (exact) mass is 235 g/mol. The van der Waals surface area contributed by atoms with E-state index in [1.807, 2.05) is 26.0 Å². The summed E-state index contributed by atoms with van der Waals surface area (Å²) < 4.78 is 0. The van der Waals surface area contributed by atoms with Gasteiger partial charge in [0, 0.05) is 12.7 Å². The van der Waals surface area contributed by atoms with E-state index in [1.54, 1.807) is 6.20 Å². The van der Waals surface area contributed by atoms with E-state index in [1.165, 1.54) is 0 Å². The van der Waals surface area contributed by atoms with Crippen molar-refractivity contribution in [2.45, 2.75) is 20.3 Å². The van der Waals surface area contributed by atoms with Crippen molar-refractivity contribution in [1.29, 1.82) is 0 Å². The first-order chi connectivity index (χ1) is 8.13. The summed E-state index contributed by atoms with van der Waals surface area (Å²) in [5.41, 5.74) is 6.48. The molecule has 0 aromatic carbocycles. The third-order valence-electron chi connectivity index (χ3n) is 1.99. The zero-order valence-corrected chi connectivity index (χ0v) is 10.0. The molecule has 6 heteroatoms. The van der Waals surface area contributed by atoms with Gasteiger partial charge in [0.2, 0.25) is 5.96 Å². The van der Waals surface area contributed by atoms with Crippen LogP contribution in [0.25, 0.3) is 0 Å². The molecule has 92 valence electrons. The lowest BCUT2D eigenvalue weighted by Crippen LogP contribution is -2.43. The third kappa shape index (κ3) is 4.50. The molecule has 0 aliphatic rings. The molecule has 0 spiro atoms. The van der Waals surface area contributed by atoms with Gasteiger partial charge < -0.3 is 11.1 Å². The van der Waals surface area contributed by atoms with Gasteiger partial charge in [-0.2, -0.15) is 4.99 Å². The predicted molar refractivity (Wildman–Crippen MR) is 67.1 cm³/mol. The number of nitrogens with zero attached hydrogens (tertiary/aromatic N) is 2. The average molecular weight is 235 g/mol. The quantitative estimate of drug-likeness (QED) is 0.540. The number of aryl methyl sites for hydroxylation is 1. The number of nitrogens with two attached hydrogens (primary N) is 1. The molecule has 4 N–H and O–H groups in total. The van der Waals surface area contributed by atoms with Crippen LogP contribution >= 0.6 is 0 Å². The fourth-order valence-electron chi connectivity index (χ4n) is 1.14. The molecule has 0 atom stereocenters. The first kappa shape index (κ1) is 13.0. The normalized spacial score (nSPS) is 11.1. The zero-order valence-electron chi connectivity index (χ0n) is 10.0. The molecule has 0 aliphatic carbocycles.